The van der Waals surface area contributed by atoms with Crippen LogP contribution in [0.3, 0.4) is 0 Å². The van der Waals surface area contributed by atoms with Crippen molar-refractivity contribution in [1.29, 1.82) is 0 Å². The van der Waals surface area contributed by atoms with Gasteiger partial charge in [-0.3, -0.25) is 4.79 Å². The van der Waals surface area contributed by atoms with Crippen molar-refractivity contribution in [2.24, 2.45) is 22.7 Å². The molecule has 0 spiro atoms. The molecule has 4 atom stereocenters. The predicted octanol–water partition coefficient (Wildman–Crippen LogP) is 4.80. The van der Waals surface area contributed by atoms with Crippen molar-refractivity contribution >= 4 is 5.91 Å². The van der Waals surface area contributed by atoms with Crippen LogP contribution in [0.15, 0.2) is 28.9 Å². The van der Waals surface area contributed by atoms with E-state index in [1.807, 2.05) is 6.26 Å². The zero-order chi connectivity index (χ0) is 20.5. The van der Waals surface area contributed by atoms with E-state index in [9.17, 15) is 4.79 Å². The first-order valence-electron chi connectivity index (χ1n) is 10.8. The molecule has 156 valence electrons. The molecule has 1 aromatic rings. The quantitative estimate of drug-likeness (QED) is 0.715. The highest BCUT2D eigenvalue weighted by atomic mass is 16.3. The van der Waals surface area contributed by atoms with E-state index in [0.29, 0.717) is 11.8 Å². The summed E-state index contributed by atoms with van der Waals surface area (Å²) in [6.45, 7) is 9.95. The molecular formula is C24H38N2O2. The van der Waals surface area contributed by atoms with Crippen LogP contribution < -0.4 is 5.32 Å². The van der Waals surface area contributed by atoms with Gasteiger partial charge in [-0.15, -0.1) is 0 Å². The lowest BCUT2D eigenvalue weighted by Crippen LogP contribution is -2.55. The predicted molar refractivity (Wildman–Crippen MR) is 114 cm³/mol. The number of aryl methyl sites for hydroxylation is 1. The molecule has 1 N–H and O–H groups in total. The molecule has 2 aliphatic rings. The monoisotopic (exact) mass is 386 g/mol. The number of carbonyl (C=O) groups is 1. The van der Waals surface area contributed by atoms with E-state index in [2.05, 4.69) is 50.8 Å². The summed E-state index contributed by atoms with van der Waals surface area (Å²) in [4.78, 5) is 15.0. The Balaban J connectivity index is 1.82. The SMILES string of the molecule is C=C1CC[C@@H]2[C@](C)(CCC[C@]2(C)C(=O)NC)[C@H]1CCc1ccoc1CN(C)C. The first kappa shape index (κ1) is 21.2. The average molecular weight is 387 g/mol. The van der Waals surface area contributed by atoms with Gasteiger partial charge < -0.3 is 14.6 Å². The first-order chi connectivity index (χ1) is 13.2. The van der Waals surface area contributed by atoms with Crippen LogP contribution in [0.2, 0.25) is 0 Å². The number of furan rings is 1. The van der Waals surface area contributed by atoms with Crippen molar-refractivity contribution in [3.8, 4) is 0 Å². The molecule has 1 aromatic heterocycles. The highest BCUT2D eigenvalue weighted by molar-refractivity contribution is 5.82. The summed E-state index contributed by atoms with van der Waals surface area (Å²) < 4.78 is 5.74. The Bertz CT molecular complexity index is 722. The average Bonchev–Trinajstić information content (AvgIpc) is 3.06. The second-order valence-electron chi connectivity index (χ2n) is 9.80. The molecule has 28 heavy (non-hydrogen) atoms. The molecule has 0 aromatic carbocycles. The Labute approximate surface area is 170 Å². The number of rotatable bonds is 6. The molecule has 0 saturated heterocycles. The maximum Gasteiger partial charge on any atom is 0.225 e. The van der Waals surface area contributed by atoms with Crippen molar-refractivity contribution in [1.82, 2.24) is 10.2 Å². The van der Waals surface area contributed by atoms with Crippen LogP contribution in [-0.4, -0.2) is 32.0 Å². The van der Waals surface area contributed by atoms with E-state index in [1.54, 1.807) is 7.05 Å². The van der Waals surface area contributed by atoms with Gasteiger partial charge in [0, 0.05) is 12.5 Å². The van der Waals surface area contributed by atoms with E-state index in [0.717, 1.165) is 50.8 Å². The topological polar surface area (TPSA) is 45.5 Å². The largest absolute Gasteiger partial charge is 0.468 e. The molecular weight excluding hydrogens is 348 g/mol. The Hall–Kier alpha value is -1.55. The lowest BCUT2D eigenvalue weighted by molar-refractivity contribution is -0.145. The van der Waals surface area contributed by atoms with Crippen LogP contribution in [0, 0.1) is 22.7 Å². The molecule has 0 aliphatic heterocycles. The highest BCUT2D eigenvalue weighted by Crippen LogP contribution is 2.61. The molecule has 1 amide bonds. The van der Waals surface area contributed by atoms with Crippen molar-refractivity contribution in [3.63, 3.8) is 0 Å². The molecule has 0 bridgehead atoms. The van der Waals surface area contributed by atoms with E-state index in [1.165, 1.54) is 17.6 Å². The minimum Gasteiger partial charge on any atom is -0.468 e. The number of allylic oxidation sites excluding steroid dienone is 1. The third-order valence-electron chi connectivity index (χ3n) is 7.77. The van der Waals surface area contributed by atoms with Gasteiger partial charge in [-0.05, 0) is 81.5 Å². The van der Waals surface area contributed by atoms with Crippen LogP contribution in [0.25, 0.3) is 0 Å². The normalized spacial score (nSPS) is 33.0. The van der Waals surface area contributed by atoms with Gasteiger partial charge >= 0.3 is 0 Å². The Morgan fingerprint density at radius 1 is 1.36 bits per heavy atom. The summed E-state index contributed by atoms with van der Waals surface area (Å²) >= 11 is 0. The van der Waals surface area contributed by atoms with E-state index in [4.69, 9.17) is 4.42 Å². The van der Waals surface area contributed by atoms with Gasteiger partial charge in [-0.25, -0.2) is 0 Å². The summed E-state index contributed by atoms with van der Waals surface area (Å²) in [7, 11) is 5.93. The number of nitrogens with one attached hydrogen (secondary N) is 1. The van der Waals surface area contributed by atoms with E-state index >= 15 is 0 Å². The standard InChI is InChI=1S/C24H38N2O2/c1-17-8-11-21-23(2,13-7-14-24(21,3)22(27)25-4)19(17)10-9-18-12-15-28-20(18)16-26(5)6/h12,15,19,21H,1,7-11,13-14,16H2,2-6H3,(H,25,27)/t19-,21+,23+,24-/m0/s1. The second-order valence-corrected chi connectivity index (χ2v) is 9.80. The van der Waals surface area contributed by atoms with Crippen LogP contribution >= 0.6 is 0 Å². The van der Waals surface area contributed by atoms with E-state index < -0.39 is 0 Å². The second kappa shape index (κ2) is 8.06. The zero-order valence-electron chi connectivity index (χ0n) is 18.4. The lowest BCUT2D eigenvalue weighted by Gasteiger charge is -2.58. The molecule has 1 heterocycles. The third kappa shape index (κ3) is 3.68. The van der Waals surface area contributed by atoms with Gasteiger partial charge in [-0.2, -0.15) is 0 Å². The molecule has 2 saturated carbocycles. The van der Waals surface area contributed by atoms with Gasteiger partial charge in [0.05, 0.1) is 12.8 Å². The Morgan fingerprint density at radius 3 is 2.79 bits per heavy atom. The molecule has 2 fully saturated rings. The van der Waals surface area contributed by atoms with Crippen LogP contribution in [0.1, 0.15) is 63.7 Å². The fraction of sp³-hybridized carbons (Fsp3) is 0.708. The molecule has 2 aliphatic carbocycles. The highest BCUT2D eigenvalue weighted by Gasteiger charge is 2.56. The lowest BCUT2D eigenvalue weighted by atomic mass is 9.46. The molecule has 0 radical (unpaired) electrons. The van der Waals surface area contributed by atoms with Crippen molar-refractivity contribution in [3.05, 3.63) is 35.8 Å². The Morgan fingerprint density at radius 2 is 2.11 bits per heavy atom. The zero-order valence-corrected chi connectivity index (χ0v) is 18.4. The van der Waals surface area contributed by atoms with Gasteiger partial charge in [0.15, 0.2) is 0 Å². The van der Waals surface area contributed by atoms with Gasteiger partial charge in [0.1, 0.15) is 5.76 Å². The minimum atomic E-state index is -0.258. The number of hydrogen-bond donors (Lipinski definition) is 1. The summed E-state index contributed by atoms with van der Waals surface area (Å²) in [5, 5.41) is 2.95. The number of nitrogens with zero attached hydrogens (tertiary/aromatic N) is 1. The van der Waals surface area contributed by atoms with Gasteiger partial charge in [0.25, 0.3) is 0 Å². The summed E-state index contributed by atoms with van der Waals surface area (Å²) in [6.07, 6.45) is 9.39. The fourth-order valence-corrected chi connectivity index (χ4v) is 6.36. The fourth-order valence-electron chi connectivity index (χ4n) is 6.36. The molecule has 0 unspecified atom stereocenters. The number of fused-ring (bicyclic) bond motifs is 1. The van der Waals surface area contributed by atoms with Crippen molar-refractivity contribution in [2.75, 3.05) is 21.1 Å². The van der Waals surface area contributed by atoms with Crippen LogP contribution in [0.4, 0.5) is 0 Å². The molecule has 4 nitrogen and oxygen atoms in total. The van der Waals surface area contributed by atoms with Gasteiger partial charge in [-0.1, -0.05) is 32.4 Å². The molecule has 4 heteroatoms. The smallest absolute Gasteiger partial charge is 0.225 e. The first-order valence-corrected chi connectivity index (χ1v) is 10.8. The summed E-state index contributed by atoms with van der Waals surface area (Å²) in [6, 6.07) is 2.12. The van der Waals surface area contributed by atoms with Crippen LogP contribution in [0.5, 0.6) is 0 Å². The van der Waals surface area contributed by atoms with Crippen molar-refractivity contribution < 1.29 is 9.21 Å². The third-order valence-corrected chi connectivity index (χ3v) is 7.77. The van der Waals surface area contributed by atoms with Crippen LogP contribution in [-0.2, 0) is 17.8 Å². The minimum absolute atomic E-state index is 0.153. The maximum absolute atomic E-state index is 12.8. The molecule has 3 rings (SSSR count). The summed E-state index contributed by atoms with van der Waals surface area (Å²) in [5.41, 5.74) is 2.60. The van der Waals surface area contributed by atoms with Crippen molar-refractivity contribution in [2.45, 2.75) is 65.3 Å². The Kier molecular flexibility index (Phi) is 6.09. The number of hydrogen-bond acceptors (Lipinski definition) is 3. The van der Waals surface area contributed by atoms with E-state index in [-0.39, 0.29) is 16.7 Å². The number of carbonyl (C=O) groups excluding carboxylic acids is 1. The summed E-state index contributed by atoms with van der Waals surface area (Å²) in [5.74, 6) is 2.19. The maximum atomic E-state index is 12.8. The number of amides is 1. The van der Waals surface area contributed by atoms with Gasteiger partial charge in [0.2, 0.25) is 5.91 Å².